The summed E-state index contributed by atoms with van der Waals surface area (Å²) in [5, 5.41) is 5.17. The van der Waals surface area contributed by atoms with Gasteiger partial charge in [0.25, 0.3) is 0 Å². The summed E-state index contributed by atoms with van der Waals surface area (Å²) in [6, 6.07) is 73.8. The van der Waals surface area contributed by atoms with Crippen molar-refractivity contribution in [3.63, 3.8) is 0 Å². The Morgan fingerprint density at radius 2 is 0.953 bits per heavy atom. The van der Waals surface area contributed by atoms with E-state index >= 15 is 0 Å². The molecule has 0 fully saturated rings. The van der Waals surface area contributed by atoms with E-state index in [1.54, 1.807) is 27.4 Å². The summed E-state index contributed by atoms with van der Waals surface area (Å²) in [5.41, 5.74) is 16.2. The van der Waals surface area contributed by atoms with Crippen molar-refractivity contribution in [2.45, 2.75) is 71.6 Å². The summed E-state index contributed by atoms with van der Waals surface area (Å²) in [5.74, 6) is 0. The number of rotatable bonds is 6. The monoisotopic (exact) mass is 948 g/mol. The summed E-state index contributed by atoms with van der Waals surface area (Å²) in [6.07, 6.45) is 3.15. The first-order valence-corrected chi connectivity index (χ1v) is 23.2. The summed E-state index contributed by atoms with van der Waals surface area (Å²) in [4.78, 5) is 0. The van der Waals surface area contributed by atoms with Crippen LogP contribution in [0.15, 0.2) is 194 Å². The molecule has 0 nitrogen and oxygen atoms in total. The van der Waals surface area contributed by atoms with Crippen molar-refractivity contribution in [2.24, 2.45) is 0 Å². The Morgan fingerprint density at radius 3 is 1.47 bits per heavy atom. The fraction of sp³-hybridized carbons (Fsp3) is 0.180. The molecule has 9 aromatic carbocycles. The van der Waals surface area contributed by atoms with Crippen LogP contribution in [0, 0.1) is 6.07 Å². The number of halogens is 2. The molecule has 0 atom stereocenters. The van der Waals surface area contributed by atoms with Crippen LogP contribution in [-0.4, -0.2) is 3.21 Å². The van der Waals surface area contributed by atoms with Gasteiger partial charge < -0.3 is 24.8 Å². The largest absolute Gasteiger partial charge is 0.214 e. The summed E-state index contributed by atoms with van der Waals surface area (Å²) in [6.45, 7) is 14.0. The van der Waals surface area contributed by atoms with Crippen LogP contribution in [0.4, 0.5) is 0 Å². The van der Waals surface area contributed by atoms with Crippen molar-refractivity contribution in [1.29, 1.82) is 0 Å². The van der Waals surface area contributed by atoms with Crippen molar-refractivity contribution in [2.75, 3.05) is 0 Å². The Bertz CT molecular complexity index is 2730. The first kappa shape index (κ1) is 48.4. The van der Waals surface area contributed by atoms with Gasteiger partial charge in [-0.25, -0.2) is 12.1 Å². The van der Waals surface area contributed by atoms with Crippen LogP contribution in [-0.2, 0) is 54.3 Å². The molecule has 0 saturated carbocycles. The van der Waals surface area contributed by atoms with E-state index in [4.69, 9.17) is 0 Å². The predicted octanol–water partition coefficient (Wildman–Crippen LogP) is 9.90. The van der Waals surface area contributed by atoms with Gasteiger partial charge in [-0.2, -0.15) is 18.2 Å². The second-order valence-corrected chi connectivity index (χ2v) is 20.4. The van der Waals surface area contributed by atoms with Gasteiger partial charge in [0.1, 0.15) is 0 Å². The second-order valence-electron chi connectivity index (χ2n) is 18.6. The molecule has 0 saturated heterocycles. The van der Waals surface area contributed by atoms with Gasteiger partial charge in [0.15, 0.2) is 0 Å². The Balaban J connectivity index is 0.000000245. The zero-order chi connectivity index (χ0) is 43.3. The molecule has 9 aromatic rings. The first-order chi connectivity index (χ1) is 29.9. The maximum Gasteiger partial charge on any atom is -0.172 e. The zero-order valence-corrected chi connectivity index (χ0v) is 41.8. The summed E-state index contributed by atoms with van der Waals surface area (Å²) >= 11 is 1.55. The van der Waals surface area contributed by atoms with Crippen molar-refractivity contribution in [1.82, 2.24) is 0 Å². The zero-order valence-electron chi connectivity index (χ0n) is 37.9. The molecule has 0 amide bonds. The van der Waals surface area contributed by atoms with E-state index < -0.39 is 0 Å². The molecule has 0 unspecified atom stereocenters. The van der Waals surface area contributed by atoms with E-state index in [1.165, 1.54) is 88.3 Å². The molecular weight excluding hydrogens is 895 g/mol. The number of hydrogen-bond acceptors (Lipinski definition) is 0. The molecule has 0 N–H and O–H groups in total. The van der Waals surface area contributed by atoms with Gasteiger partial charge in [-0.3, -0.25) is 0 Å². The third kappa shape index (κ3) is 11.2. The summed E-state index contributed by atoms with van der Waals surface area (Å²) < 4.78 is 1.60. The predicted molar refractivity (Wildman–Crippen MR) is 264 cm³/mol. The minimum absolute atomic E-state index is 0. The SMILES string of the molecule is CC(C)(C)c1cc2c([c-]c1-c1cccc3ccccc13)Cc1cc(-c3cccc4ccccc34)c(C(C)(C)C)cc1-2.[Cl-].[Cl-].[Zr+2]=[C](Cc1ccccc1)Cc1ccccc1.c1cc[cH-]c1. The van der Waals surface area contributed by atoms with E-state index in [0.717, 1.165) is 19.3 Å². The van der Waals surface area contributed by atoms with Crippen LogP contribution in [0.25, 0.3) is 54.9 Å². The van der Waals surface area contributed by atoms with E-state index in [0.29, 0.717) is 0 Å². The van der Waals surface area contributed by atoms with E-state index in [2.05, 4.69) is 211 Å². The van der Waals surface area contributed by atoms with E-state index in [1.807, 2.05) is 30.3 Å². The van der Waals surface area contributed by atoms with Crippen LogP contribution in [0.2, 0.25) is 0 Å². The third-order valence-electron chi connectivity index (χ3n) is 11.9. The smallest absolute Gasteiger partial charge is 0.172 e. The van der Waals surface area contributed by atoms with Gasteiger partial charge in [0.2, 0.25) is 0 Å². The molecule has 3 heteroatoms. The minimum atomic E-state index is -0.0175. The topological polar surface area (TPSA) is 0 Å². The van der Waals surface area contributed by atoms with Gasteiger partial charge in [-0.1, -0.05) is 161 Å². The van der Waals surface area contributed by atoms with Gasteiger partial charge in [-0.15, -0.1) is 28.8 Å². The molecule has 1 aliphatic rings. The van der Waals surface area contributed by atoms with Crippen LogP contribution in [0.3, 0.4) is 0 Å². The Morgan fingerprint density at radius 1 is 0.484 bits per heavy atom. The van der Waals surface area contributed by atoms with E-state index in [9.17, 15) is 0 Å². The van der Waals surface area contributed by atoms with E-state index in [-0.39, 0.29) is 35.6 Å². The Hall–Kier alpha value is -5.04. The molecular formula is C61H56Cl2Zr-2. The standard InChI is InChI=1S/C41H37.C15H14.C5H5.2ClH.Zr/c1-40(2,3)38-24-34-28(22-36(38)32-19-11-15-26-13-7-9-17-30(26)32)21-29-23-37(39(25-35(29)34)41(4,5)6)33-20-12-16-27-14-8-10-18-31(27)33;1-3-8-14(9-4-1)12-7-13-15-10-5-2-6-11-15;1-2-4-5-3-1;;;/h7-20,22,24-25H,21H2,1-6H3;1-6,8-11H,12-13H2;1-5H;2*1H;/q-1;;-1;;;+2/p-2. The molecule has 64 heavy (non-hydrogen) atoms. The average molecular weight is 951 g/mol. The normalized spacial score (nSPS) is 11.5. The number of benzene rings is 8. The fourth-order valence-electron chi connectivity index (χ4n) is 8.82. The van der Waals surface area contributed by atoms with Crippen LogP contribution in [0.1, 0.15) is 74.9 Å². The Labute approximate surface area is 409 Å². The fourth-order valence-corrected chi connectivity index (χ4v) is 9.82. The van der Waals surface area contributed by atoms with Gasteiger partial charge >= 0.3 is 112 Å². The van der Waals surface area contributed by atoms with Crippen molar-refractivity contribution >= 4 is 24.8 Å². The minimum Gasteiger partial charge on any atom is -0.214 e. The average Bonchev–Trinajstić information content (AvgIpc) is 3.98. The van der Waals surface area contributed by atoms with Crippen LogP contribution < -0.4 is 24.8 Å². The van der Waals surface area contributed by atoms with Gasteiger partial charge in [0, 0.05) is 0 Å². The molecule has 0 spiro atoms. The molecule has 0 aliphatic heterocycles. The molecule has 0 radical (unpaired) electrons. The quantitative estimate of drug-likeness (QED) is 0.146. The van der Waals surface area contributed by atoms with Crippen LogP contribution >= 0.6 is 0 Å². The van der Waals surface area contributed by atoms with Gasteiger partial charge in [0.05, 0.1) is 0 Å². The molecule has 0 aromatic heterocycles. The first-order valence-electron chi connectivity index (χ1n) is 22.0. The van der Waals surface area contributed by atoms with Crippen molar-refractivity contribution in [3.8, 4) is 33.4 Å². The third-order valence-corrected chi connectivity index (χ3v) is 12.8. The van der Waals surface area contributed by atoms with Crippen LogP contribution in [0.5, 0.6) is 0 Å². The van der Waals surface area contributed by atoms with Crippen molar-refractivity contribution < 1.29 is 49.0 Å². The number of hydrogen-bond donors (Lipinski definition) is 0. The molecule has 320 valence electrons. The van der Waals surface area contributed by atoms with Crippen molar-refractivity contribution in [3.05, 3.63) is 234 Å². The van der Waals surface area contributed by atoms with Gasteiger partial charge in [-0.05, 0) is 55.7 Å². The molecule has 0 heterocycles. The second kappa shape index (κ2) is 21.3. The summed E-state index contributed by atoms with van der Waals surface area (Å²) in [7, 11) is 0. The maximum absolute atomic E-state index is 4.00. The molecule has 1 aliphatic carbocycles. The molecule has 10 rings (SSSR count). The maximum atomic E-state index is 4.00. The Kier molecular flexibility index (Phi) is 16.1. The number of fused-ring (bicyclic) bond motifs is 5. The molecule has 0 bridgehead atoms.